The van der Waals surface area contributed by atoms with E-state index in [1.165, 1.54) is 20.3 Å². The number of Topliss-reactive ketones (excluding diaryl/α,β-unsaturated/α-hetero) is 1. The number of carbonyl (C=O) groups excluding carboxylic acids is 5. The lowest BCUT2D eigenvalue weighted by Gasteiger charge is -2.30. The van der Waals surface area contributed by atoms with Gasteiger partial charge in [0.25, 0.3) is 5.91 Å². The number of amides is 2. The summed E-state index contributed by atoms with van der Waals surface area (Å²) in [5, 5.41) is 17.3. The number of aliphatic hydroxyl groups is 1. The molecule has 0 aromatic carbocycles. The van der Waals surface area contributed by atoms with Gasteiger partial charge in [-0.15, -0.1) is 0 Å². The fourth-order valence-corrected chi connectivity index (χ4v) is 6.89. The van der Waals surface area contributed by atoms with Crippen LogP contribution in [0.25, 0.3) is 0 Å². The summed E-state index contributed by atoms with van der Waals surface area (Å²) in [4.78, 5) is 64.8. The molecule has 3 aliphatic rings. The molecule has 0 aromatic heterocycles. The van der Waals surface area contributed by atoms with Crippen LogP contribution in [0.15, 0.2) is 58.5 Å². The molecule has 0 unspecified atom stereocenters. The molecule has 1 aliphatic heterocycles. The molecule has 1 heterocycles. The Bertz CT molecular complexity index is 1450. The predicted molar refractivity (Wildman–Crippen MR) is 190 cm³/mol. The summed E-state index contributed by atoms with van der Waals surface area (Å²) in [6.45, 7) is 9.58. The first-order valence-corrected chi connectivity index (χ1v) is 17.7. The fraction of sp³-hybridized carbons (Fsp3) is 0.605. The summed E-state index contributed by atoms with van der Waals surface area (Å²) in [7, 11) is 2.93. The Balaban J connectivity index is 1.96. The van der Waals surface area contributed by atoms with Crippen molar-refractivity contribution in [3.05, 3.63) is 58.5 Å². The van der Waals surface area contributed by atoms with Crippen LogP contribution in [0.3, 0.4) is 0 Å². The van der Waals surface area contributed by atoms with E-state index in [0.29, 0.717) is 38.0 Å². The summed E-state index contributed by atoms with van der Waals surface area (Å²) in [6.07, 6.45) is 6.63. The second-order valence-electron chi connectivity index (χ2n) is 13.8. The van der Waals surface area contributed by atoms with Crippen LogP contribution in [0.5, 0.6) is 0 Å². The highest BCUT2D eigenvalue weighted by molar-refractivity contribution is 6.23. The molecule has 3 rings (SSSR count). The zero-order valence-electron chi connectivity index (χ0n) is 30.9. The van der Waals surface area contributed by atoms with E-state index >= 15 is 0 Å². The fourth-order valence-electron chi connectivity index (χ4n) is 6.89. The van der Waals surface area contributed by atoms with Gasteiger partial charge in [-0.2, -0.15) is 0 Å². The number of methoxy groups -OCH3 is 2. The number of esters is 1. The first kappa shape index (κ1) is 41.4. The molecule has 13 heteroatoms. The quantitative estimate of drug-likeness (QED) is 0.163. The zero-order chi connectivity index (χ0) is 37.8. The molecule has 0 radical (unpaired) electrons. The molecule has 6 atom stereocenters. The van der Waals surface area contributed by atoms with E-state index in [4.69, 9.17) is 24.7 Å². The highest BCUT2D eigenvalue weighted by Crippen LogP contribution is 2.32. The van der Waals surface area contributed by atoms with Crippen molar-refractivity contribution in [1.29, 1.82) is 0 Å². The summed E-state index contributed by atoms with van der Waals surface area (Å²) in [5.74, 6) is -2.31. The van der Waals surface area contributed by atoms with Crippen molar-refractivity contribution in [1.82, 2.24) is 10.6 Å². The first-order chi connectivity index (χ1) is 24.2. The Labute approximate surface area is 300 Å². The second-order valence-corrected chi connectivity index (χ2v) is 13.8. The summed E-state index contributed by atoms with van der Waals surface area (Å²) in [5.41, 5.74) is 6.49. The Morgan fingerprint density at radius 3 is 2.35 bits per heavy atom. The Morgan fingerprint density at radius 2 is 1.75 bits per heavy atom. The lowest BCUT2D eigenvalue weighted by atomic mass is 9.81. The van der Waals surface area contributed by atoms with Gasteiger partial charge in [0.1, 0.15) is 6.10 Å². The van der Waals surface area contributed by atoms with Gasteiger partial charge in [0.2, 0.25) is 11.6 Å². The van der Waals surface area contributed by atoms with Gasteiger partial charge in [-0.1, -0.05) is 38.2 Å². The molecule has 2 aliphatic carbocycles. The molecule has 2 amide bonds. The minimum Gasteiger partial charge on any atom is -0.466 e. The molecule has 2 bridgehead atoms. The Morgan fingerprint density at radius 1 is 1.06 bits per heavy atom. The normalized spacial score (nSPS) is 32.8. The Kier molecular flexibility index (Phi) is 15.8. The van der Waals surface area contributed by atoms with Gasteiger partial charge in [0, 0.05) is 43.9 Å². The van der Waals surface area contributed by atoms with Crippen molar-refractivity contribution in [2.24, 2.45) is 29.4 Å². The molecule has 5 N–H and O–H groups in total. The van der Waals surface area contributed by atoms with E-state index in [-0.39, 0.29) is 52.7 Å². The minimum atomic E-state index is -1.01. The molecule has 1 saturated carbocycles. The molecule has 1 fully saturated rings. The zero-order valence-corrected chi connectivity index (χ0v) is 30.9. The van der Waals surface area contributed by atoms with Crippen LogP contribution in [0.1, 0.15) is 73.1 Å². The van der Waals surface area contributed by atoms with Crippen LogP contribution < -0.4 is 16.4 Å². The third-order valence-corrected chi connectivity index (χ3v) is 9.83. The standard InChI is InChI=1S/C38H55N3O10/c1-8-50-37(46)26-14-12-25(13-15-26)20-40-32-27-16-21(2)17-31(49-7)33(43)23(4)18-24(5)35(51-38(39)47)30(48-6)11-9-10-22(3)36(45)41-28(34(27)44)19-29(32)42/h9-11,18-19,21,23,25-26,30-31,33,35,40,43H,8,12-17,20H2,1-7H3,(H2,39,47)(H,41,45)/b11-9-,22-10+,24-18+/t21-,23+,25?,26?,30+,31+,33-,35+/m1/s1. The van der Waals surface area contributed by atoms with Crippen LogP contribution in [-0.4, -0.2) is 86.4 Å². The maximum Gasteiger partial charge on any atom is 0.405 e. The number of ether oxygens (including phenoxy) is 4. The number of nitrogens with one attached hydrogen (secondary N) is 2. The topological polar surface area (TPSA) is 193 Å². The van der Waals surface area contributed by atoms with Crippen molar-refractivity contribution in [3.8, 4) is 0 Å². The maximum absolute atomic E-state index is 14.0. The summed E-state index contributed by atoms with van der Waals surface area (Å²) in [6, 6.07) is 0. The molecular formula is C38H55N3O10. The smallest absolute Gasteiger partial charge is 0.405 e. The lowest BCUT2D eigenvalue weighted by Crippen LogP contribution is -2.38. The van der Waals surface area contributed by atoms with Gasteiger partial charge < -0.3 is 40.4 Å². The van der Waals surface area contributed by atoms with Crippen LogP contribution in [0.2, 0.25) is 0 Å². The third kappa shape index (κ3) is 11.5. The van der Waals surface area contributed by atoms with Crippen molar-refractivity contribution in [2.75, 3.05) is 27.4 Å². The van der Waals surface area contributed by atoms with Crippen molar-refractivity contribution in [3.63, 3.8) is 0 Å². The largest absolute Gasteiger partial charge is 0.466 e. The number of carbonyl (C=O) groups is 5. The van der Waals surface area contributed by atoms with Gasteiger partial charge in [0.05, 0.1) is 36.1 Å². The monoisotopic (exact) mass is 713 g/mol. The number of allylic oxidation sites excluding steroid dienone is 4. The SMILES string of the molecule is CCOC(=O)C1CCC(CNC2=C3C[C@@H](C)C[C@H](OC)[C@H](O)[C@@H](C)/C=C(\C)[C@H](OC(N)=O)[C@@H](OC)/C=C\C=C(/C)C(=O)NC(=CC2=O)C3=O)CC1. The molecule has 51 heavy (non-hydrogen) atoms. The van der Waals surface area contributed by atoms with E-state index in [1.807, 2.05) is 6.92 Å². The van der Waals surface area contributed by atoms with E-state index in [0.717, 1.165) is 18.9 Å². The summed E-state index contributed by atoms with van der Waals surface area (Å²) < 4.78 is 21.9. The number of hydrogen-bond acceptors (Lipinski definition) is 11. The first-order valence-electron chi connectivity index (χ1n) is 17.7. The average Bonchev–Trinajstić information content (AvgIpc) is 3.09. The van der Waals surface area contributed by atoms with Crippen molar-refractivity contribution >= 4 is 29.5 Å². The van der Waals surface area contributed by atoms with Gasteiger partial charge in [-0.25, -0.2) is 4.79 Å². The molecule has 0 saturated heterocycles. The molecular weight excluding hydrogens is 658 g/mol. The number of ketones is 2. The second kappa shape index (κ2) is 19.5. The van der Waals surface area contributed by atoms with Gasteiger partial charge in [-0.3, -0.25) is 19.2 Å². The van der Waals surface area contributed by atoms with Crippen LogP contribution in [0.4, 0.5) is 4.79 Å². The van der Waals surface area contributed by atoms with E-state index in [2.05, 4.69) is 10.6 Å². The van der Waals surface area contributed by atoms with E-state index in [9.17, 15) is 29.1 Å². The molecule has 282 valence electrons. The highest BCUT2D eigenvalue weighted by atomic mass is 16.6. The number of nitrogens with two attached hydrogens (primary N) is 1. The van der Waals surface area contributed by atoms with E-state index < -0.39 is 53.9 Å². The van der Waals surface area contributed by atoms with Gasteiger partial charge >= 0.3 is 12.1 Å². The predicted octanol–water partition coefficient (Wildman–Crippen LogP) is 3.72. The summed E-state index contributed by atoms with van der Waals surface area (Å²) >= 11 is 0. The molecule has 0 spiro atoms. The number of fused-ring (bicyclic) bond motifs is 2. The number of hydrogen-bond donors (Lipinski definition) is 4. The number of primary amides is 1. The van der Waals surface area contributed by atoms with Gasteiger partial charge in [-0.05, 0) is 76.7 Å². The number of aliphatic hydroxyl groups excluding tert-OH is 1. The maximum atomic E-state index is 14.0. The van der Waals surface area contributed by atoms with Crippen LogP contribution >= 0.6 is 0 Å². The highest BCUT2D eigenvalue weighted by Gasteiger charge is 2.34. The molecule has 0 aromatic rings. The Hall–Kier alpha value is -4.07. The van der Waals surface area contributed by atoms with Crippen LogP contribution in [0, 0.1) is 23.7 Å². The van der Waals surface area contributed by atoms with Crippen LogP contribution in [-0.2, 0) is 38.1 Å². The van der Waals surface area contributed by atoms with Crippen molar-refractivity contribution in [2.45, 2.75) is 97.6 Å². The average molecular weight is 714 g/mol. The van der Waals surface area contributed by atoms with E-state index in [1.54, 1.807) is 45.9 Å². The third-order valence-electron chi connectivity index (χ3n) is 9.83. The lowest BCUT2D eigenvalue weighted by molar-refractivity contribution is -0.149. The van der Waals surface area contributed by atoms with Crippen molar-refractivity contribution < 1.29 is 48.0 Å². The minimum absolute atomic E-state index is 0.132. The van der Waals surface area contributed by atoms with Gasteiger partial charge in [0.15, 0.2) is 6.10 Å². The number of rotatable bonds is 8. The molecule has 13 nitrogen and oxygen atoms in total.